The number of carboxylic acid groups (broad SMARTS) is 1. The van der Waals surface area contributed by atoms with E-state index in [9.17, 15) is 14.9 Å². The van der Waals surface area contributed by atoms with E-state index in [4.69, 9.17) is 28.3 Å². The van der Waals surface area contributed by atoms with Crippen LogP contribution >= 0.6 is 23.2 Å². The van der Waals surface area contributed by atoms with Crippen molar-refractivity contribution in [3.8, 4) is 11.1 Å². The first kappa shape index (κ1) is 14.3. The summed E-state index contributed by atoms with van der Waals surface area (Å²) in [5.74, 6) is -1.26. The molecular formula is C13H7Cl2NO4. The Bertz CT molecular complexity index is 683. The van der Waals surface area contributed by atoms with Gasteiger partial charge in [0.05, 0.1) is 20.5 Å². The first-order chi connectivity index (χ1) is 9.40. The first-order valence-electron chi connectivity index (χ1n) is 5.37. The van der Waals surface area contributed by atoms with Crippen LogP contribution in [-0.2, 0) is 0 Å². The van der Waals surface area contributed by atoms with Gasteiger partial charge >= 0.3 is 5.97 Å². The summed E-state index contributed by atoms with van der Waals surface area (Å²) in [6, 6.07) is 8.37. The monoisotopic (exact) mass is 311 g/mol. The molecule has 0 aliphatic heterocycles. The molecular weight excluding hydrogens is 305 g/mol. The Hall–Kier alpha value is -2.11. The molecule has 0 amide bonds. The van der Waals surface area contributed by atoms with Gasteiger partial charge in [-0.1, -0.05) is 35.3 Å². The van der Waals surface area contributed by atoms with E-state index in [0.29, 0.717) is 11.1 Å². The summed E-state index contributed by atoms with van der Waals surface area (Å²) in [6.45, 7) is 0. The second-order valence-electron chi connectivity index (χ2n) is 3.93. The Morgan fingerprint density at radius 1 is 1.20 bits per heavy atom. The van der Waals surface area contributed by atoms with E-state index in [0.717, 1.165) is 6.07 Å². The second kappa shape index (κ2) is 5.48. The van der Waals surface area contributed by atoms with Gasteiger partial charge in [0, 0.05) is 17.7 Å². The molecule has 0 bridgehead atoms. The normalized spacial score (nSPS) is 10.3. The zero-order valence-corrected chi connectivity index (χ0v) is 11.4. The third kappa shape index (κ3) is 2.74. The number of carbonyl (C=O) groups is 1. The van der Waals surface area contributed by atoms with Gasteiger partial charge in [-0.3, -0.25) is 10.1 Å². The highest BCUT2D eigenvalue weighted by Gasteiger charge is 2.16. The minimum Gasteiger partial charge on any atom is -0.478 e. The van der Waals surface area contributed by atoms with E-state index >= 15 is 0 Å². The lowest BCUT2D eigenvalue weighted by molar-refractivity contribution is -0.384. The van der Waals surface area contributed by atoms with Crippen LogP contribution in [0.15, 0.2) is 36.4 Å². The fraction of sp³-hybridized carbons (Fsp3) is 0. The number of nitro benzene ring substituents is 1. The summed E-state index contributed by atoms with van der Waals surface area (Å²) in [4.78, 5) is 21.2. The number of halogens is 2. The van der Waals surface area contributed by atoms with Crippen LogP contribution in [0.2, 0.25) is 10.0 Å². The lowest BCUT2D eigenvalue weighted by Crippen LogP contribution is -1.99. The molecule has 0 saturated heterocycles. The fourth-order valence-electron chi connectivity index (χ4n) is 1.72. The van der Waals surface area contributed by atoms with E-state index in [1.54, 1.807) is 18.2 Å². The van der Waals surface area contributed by atoms with E-state index in [1.807, 2.05) is 0 Å². The minimum atomic E-state index is -1.26. The molecule has 0 fully saturated rings. The zero-order chi connectivity index (χ0) is 14.9. The van der Waals surface area contributed by atoms with Crippen LogP contribution in [0, 0.1) is 10.1 Å². The molecule has 0 radical (unpaired) electrons. The summed E-state index contributed by atoms with van der Waals surface area (Å²) in [5, 5.41) is 20.4. The van der Waals surface area contributed by atoms with Crippen molar-refractivity contribution in [3.63, 3.8) is 0 Å². The summed E-state index contributed by atoms with van der Waals surface area (Å²) in [7, 11) is 0. The number of nitro groups is 1. The first-order valence-corrected chi connectivity index (χ1v) is 6.13. The molecule has 0 heterocycles. The van der Waals surface area contributed by atoms with E-state index in [1.165, 1.54) is 12.1 Å². The SMILES string of the molecule is O=C(O)c1cc(-c2cccc(Cl)c2Cl)cc([N+](=O)[O-])c1. The molecule has 0 spiro atoms. The Labute approximate surface area is 123 Å². The highest BCUT2D eigenvalue weighted by molar-refractivity contribution is 6.43. The molecule has 0 saturated carbocycles. The number of carboxylic acids is 1. The minimum absolute atomic E-state index is 0.190. The predicted octanol–water partition coefficient (Wildman–Crippen LogP) is 4.27. The standard InChI is InChI=1S/C13H7Cl2NO4/c14-11-3-1-2-10(12(11)15)7-4-8(13(17)18)6-9(5-7)16(19)20/h1-6H,(H,17,18). The number of hydrogen-bond acceptors (Lipinski definition) is 3. The van der Waals surface area contributed by atoms with Gasteiger partial charge in [-0.05, 0) is 17.7 Å². The molecule has 20 heavy (non-hydrogen) atoms. The molecule has 0 aromatic heterocycles. The van der Waals surface area contributed by atoms with Gasteiger partial charge in [0.1, 0.15) is 0 Å². The van der Waals surface area contributed by atoms with Gasteiger partial charge in [-0.15, -0.1) is 0 Å². The van der Waals surface area contributed by atoms with Gasteiger partial charge < -0.3 is 5.11 Å². The molecule has 102 valence electrons. The average Bonchev–Trinajstić information content (AvgIpc) is 2.41. The largest absolute Gasteiger partial charge is 0.478 e. The van der Waals surface area contributed by atoms with E-state index < -0.39 is 10.9 Å². The van der Waals surface area contributed by atoms with Crippen LogP contribution in [0.4, 0.5) is 5.69 Å². The molecule has 1 N–H and O–H groups in total. The van der Waals surface area contributed by atoms with Crippen molar-refractivity contribution in [1.82, 2.24) is 0 Å². The van der Waals surface area contributed by atoms with Crippen molar-refractivity contribution < 1.29 is 14.8 Å². The Morgan fingerprint density at radius 2 is 1.90 bits per heavy atom. The summed E-state index contributed by atoms with van der Waals surface area (Å²) in [5.41, 5.74) is 0.246. The van der Waals surface area contributed by atoms with Gasteiger partial charge in [0.2, 0.25) is 0 Å². The maximum atomic E-state index is 11.0. The molecule has 0 unspecified atom stereocenters. The highest BCUT2D eigenvalue weighted by atomic mass is 35.5. The molecule has 2 aromatic carbocycles. The van der Waals surface area contributed by atoms with Crippen molar-refractivity contribution in [2.45, 2.75) is 0 Å². The maximum absolute atomic E-state index is 11.0. The summed E-state index contributed by atoms with van der Waals surface area (Å²) in [6.07, 6.45) is 0. The van der Waals surface area contributed by atoms with Gasteiger partial charge in [0.15, 0.2) is 0 Å². The Morgan fingerprint density at radius 3 is 2.50 bits per heavy atom. The van der Waals surface area contributed by atoms with Gasteiger partial charge in [0.25, 0.3) is 5.69 Å². The number of benzene rings is 2. The fourth-order valence-corrected chi connectivity index (χ4v) is 2.13. The summed E-state index contributed by atoms with van der Waals surface area (Å²) < 4.78 is 0. The smallest absolute Gasteiger partial charge is 0.335 e. The third-order valence-corrected chi connectivity index (χ3v) is 3.46. The topological polar surface area (TPSA) is 80.4 Å². The molecule has 5 nitrogen and oxygen atoms in total. The van der Waals surface area contributed by atoms with Crippen molar-refractivity contribution >= 4 is 34.9 Å². The van der Waals surface area contributed by atoms with Crippen molar-refractivity contribution in [2.75, 3.05) is 0 Å². The average molecular weight is 312 g/mol. The highest BCUT2D eigenvalue weighted by Crippen LogP contribution is 2.35. The molecule has 7 heteroatoms. The second-order valence-corrected chi connectivity index (χ2v) is 4.72. The molecule has 0 aliphatic rings. The Balaban J connectivity index is 2.70. The van der Waals surface area contributed by atoms with Crippen LogP contribution in [0.5, 0.6) is 0 Å². The molecule has 0 aliphatic carbocycles. The van der Waals surface area contributed by atoms with Crippen molar-refractivity contribution in [2.24, 2.45) is 0 Å². The van der Waals surface area contributed by atoms with E-state index in [2.05, 4.69) is 0 Å². The third-order valence-electron chi connectivity index (χ3n) is 2.64. The number of non-ortho nitro benzene ring substituents is 1. The van der Waals surface area contributed by atoms with Crippen molar-refractivity contribution in [3.05, 3.63) is 62.1 Å². The van der Waals surface area contributed by atoms with Crippen LogP contribution in [0.25, 0.3) is 11.1 Å². The maximum Gasteiger partial charge on any atom is 0.335 e. The van der Waals surface area contributed by atoms with E-state index in [-0.39, 0.29) is 21.3 Å². The number of rotatable bonds is 3. The lowest BCUT2D eigenvalue weighted by atomic mass is 10.0. The van der Waals surface area contributed by atoms with Crippen molar-refractivity contribution in [1.29, 1.82) is 0 Å². The molecule has 0 atom stereocenters. The Kier molecular flexibility index (Phi) is 3.92. The predicted molar refractivity (Wildman–Crippen MR) is 75.5 cm³/mol. The molecule has 2 aromatic rings. The number of aromatic carboxylic acids is 1. The van der Waals surface area contributed by atoms with Crippen LogP contribution < -0.4 is 0 Å². The van der Waals surface area contributed by atoms with Gasteiger partial charge in [-0.25, -0.2) is 4.79 Å². The summed E-state index contributed by atoms with van der Waals surface area (Å²) >= 11 is 11.9. The van der Waals surface area contributed by atoms with Crippen LogP contribution in [0.3, 0.4) is 0 Å². The lowest BCUT2D eigenvalue weighted by Gasteiger charge is -2.07. The van der Waals surface area contributed by atoms with Crippen LogP contribution in [0.1, 0.15) is 10.4 Å². The number of hydrogen-bond donors (Lipinski definition) is 1. The quantitative estimate of drug-likeness (QED) is 0.678. The van der Waals surface area contributed by atoms with Gasteiger partial charge in [-0.2, -0.15) is 0 Å². The zero-order valence-electron chi connectivity index (χ0n) is 9.84. The number of nitrogens with zero attached hydrogens (tertiary/aromatic N) is 1. The molecule has 2 rings (SSSR count). The van der Waals surface area contributed by atoms with Crippen LogP contribution in [-0.4, -0.2) is 16.0 Å².